The van der Waals surface area contributed by atoms with Gasteiger partial charge in [0.2, 0.25) is 5.91 Å². The molecule has 0 radical (unpaired) electrons. The average Bonchev–Trinajstić information content (AvgIpc) is 3.29. The lowest BCUT2D eigenvalue weighted by molar-refractivity contribution is -0.156. The van der Waals surface area contributed by atoms with Gasteiger partial charge in [0.15, 0.2) is 6.29 Å². The third-order valence-corrected chi connectivity index (χ3v) is 5.81. The van der Waals surface area contributed by atoms with E-state index in [1.54, 1.807) is 26.8 Å². The fourth-order valence-electron chi connectivity index (χ4n) is 4.23. The molecule has 1 aromatic carbocycles. The van der Waals surface area contributed by atoms with Gasteiger partial charge < -0.3 is 23.8 Å². The summed E-state index contributed by atoms with van der Waals surface area (Å²) in [6.07, 6.45) is 2.44. The first kappa shape index (κ1) is 29.8. The Morgan fingerprint density at radius 1 is 1.17 bits per heavy atom. The van der Waals surface area contributed by atoms with Crippen molar-refractivity contribution in [1.82, 2.24) is 9.80 Å². The number of benzene rings is 1. The molecule has 0 bridgehead atoms. The summed E-state index contributed by atoms with van der Waals surface area (Å²) in [5.74, 6) is -0.140. The summed E-state index contributed by atoms with van der Waals surface area (Å²) in [6.45, 7) is 15.4. The van der Waals surface area contributed by atoms with Crippen LogP contribution in [0.3, 0.4) is 0 Å². The first-order valence-electron chi connectivity index (χ1n) is 13.0. The van der Waals surface area contributed by atoms with Gasteiger partial charge in [0.05, 0.1) is 25.8 Å². The molecule has 202 valence electrons. The Hall–Kier alpha value is -2.42. The molecule has 8 heteroatoms. The number of likely N-dealkylation sites (tertiary alicyclic amines) is 1. The quantitative estimate of drug-likeness (QED) is 0.268. The Morgan fingerprint density at radius 3 is 2.42 bits per heavy atom. The molecule has 1 aliphatic rings. The highest BCUT2D eigenvalue weighted by atomic mass is 16.7. The summed E-state index contributed by atoms with van der Waals surface area (Å²) in [6, 6.07) is 9.13. The standard InChI is InChI=1S/C28H44N2O6/c1-7-14-24(30(27(32)36-28(4,5)6)19-25(34-8-2)35-9-3)26(31)29-18-13-17-23(29)21-33-20-22-15-11-10-12-16-22/h7,10-12,15-16,23-25H,1,8-9,13-14,17-21H2,2-6H3/t23-,24+/m0/s1. The molecule has 0 spiro atoms. The van der Waals surface area contributed by atoms with Crippen LogP contribution in [0.25, 0.3) is 0 Å². The second kappa shape index (κ2) is 15.0. The van der Waals surface area contributed by atoms with Crippen molar-refractivity contribution in [3.8, 4) is 0 Å². The topological polar surface area (TPSA) is 77.5 Å². The van der Waals surface area contributed by atoms with E-state index in [0.717, 1.165) is 18.4 Å². The van der Waals surface area contributed by atoms with Crippen molar-refractivity contribution in [2.45, 2.75) is 84.5 Å². The van der Waals surface area contributed by atoms with E-state index in [-0.39, 0.29) is 24.9 Å². The predicted octanol–water partition coefficient (Wildman–Crippen LogP) is 4.78. The number of hydrogen-bond acceptors (Lipinski definition) is 6. The number of ether oxygens (including phenoxy) is 4. The fourth-order valence-corrected chi connectivity index (χ4v) is 4.23. The van der Waals surface area contributed by atoms with E-state index in [1.165, 1.54) is 4.90 Å². The second-order valence-electron chi connectivity index (χ2n) is 9.84. The highest BCUT2D eigenvalue weighted by Gasteiger charge is 2.39. The third-order valence-electron chi connectivity index (χ3n) is 5.81. The molecular formula is C28H44N2O6. The Balaban J connectivity index is 2.20. The molecule has 1 fully saturated rings. The lowest BCUT2D eigenvalue weighted by Crippen LogP contribution is -2.55. The van der Waals surface area contributed by atoms with Crippen LogP contribution in [0.1, 0.15) is 59.4 Å². The Morgan fingerprint density at radius 2 is 1.83 bits per heavy atom. The molecule has 2 atom stereocenters. The van der Waals surface area contributed by atoms with Gasteiger partial charge in [-0.2, -0.15) is 0 Å². The minimum absolute atomic E-state index is 0.0522. The van der Waals surface area contributed by atoms with Crippen LogP contribution in [0.4, 0.5) is 4.79 Å². The molecule has 0 aromatic heterocycles. The van der Waals surface area contributed by atoms with Gasteiger partial charge >= 0.3 is 6.09 Å². The van der Waals surface area contributed by atoms with Gasteiger partial charge in [-0.1, -0.05) is 36.4 Å². The average molecular weight is 505 g/mol. The number of carbonyl (C=O) groups is 2. The predicted molar refractivity (Wildman–Crippen MR) is 139 cm³/mol. The number of rotatable bonds is 14. The van der Waals surface area contributed by atoms with E-state index in [9.17, 15) is 9.59 Å². The Kier molecular flexibility index (Phi) is 12.4. The summed E-state index contributed by atoms with van der Waals surface area (Å²) < 4.78 is 23.1. The zero-order valence-corrected chi connectivity index (χ0v) is 22.6. The molecule has 0 unspecified atom stereocenters. The SMILES string of the molecule is C=CC[C@H](C(=O)N1CCC[C@H]1COCc1ccccc1)N(CC(OCC)OCC)C(=O)OC(C)(C)C. The third kappa shape index (κ3) is 9.56. The normalized spacial score (nSPS) is 16.7. The van der Waals surface area contributed by atoms with Gasteiger partial charge in [0.1, 0.15) is 11.6 Å². The van der Waals surface area contributed by atoms with Gasteiger partial charge in [-0.15, -0.1) is 6.58 Å². The van der Waals surface area contributed by atoms with Gasteiger partial charge in [0, 0.05) is 19.8 Å². The van der Waals surface area contributed by atoms with E-state index in [4.69, 9.17) is 18.9 Å². The first-order valence-corrected chi connectivity index (χ1v) is 13.0. The van der Waals surface area contributed by atoms with Crippen molar-refractivity contribution in [2.75, 3.05) is 32.9 Å². The van der Waals surface area contributed by atoms with Crippen LogP contribution in [0.15, 0.2) is 43.0 Å². The molecule has 1 heterocycles. The van der Waals surface area contributed by atoms with E-state index in [0.29, 0.717) is 33.0 Å². The summed E-state index contributed by atoms with van der Waals surface area (Å²) in [5.41, 5.74) is 0.373. The summed E-state index contributed by atoms with van der Waals surface area (Å²) in [4.78, 5) is 30.5. The van der Waals surface area contributed by atoms with Crippen molar-refractivity contribution in [1.29, 1.82) is 0 Å². The lowest BCUT2D eigenvalue weighted by Gasteiger charge is -2.37. The van der Waals surface area contributed by atoms with Gasteiger partial charge in [0.25, 0.3) is 0 Å². The van der Waals surface area contributed by atoms with Crippen LogP contribution in [-0.2, 0) is 30.3 Å². The van der Waals surface area contributed by atoms with Gasteiger partial charge in [-0.3, -0.25) is 9.69 Å². The van der Waals surface area contributed by atoms with E-state index in [1.807, 2.05) is 49.1 Å². The Bertz CT molecular complexity index is 804. The summed E-state index contributed by atoms with van der Waals surface area (Å²) in [5, 5.41) is 0. The van der Waals surface area contributed by atoms with Gasteiger partial charge in [-0.05, 0) is 59.4 Å². The van der Waals surface area contributed by atoms with Crippen molar-refractivity contribution < 1.29 is 28.5 Å². The monoisotopic (exact) mass is 504 g/mol. The Labute approximate surface area is 216 Å². The molecule has 1 aliphatic heterocycles. The van der Waals surface area contributed by atoms with Crippen molar-refractivity contribution in [3.05, 3.63) is 48.6 Å². The summed E-state index contributed by atoms with van der Waals surface area (Å²) >= 11 is 0. The fraction of sp³-hybridized carbons (Fsp3) is 0.643. The van der Waals surface area contributed by atoms with Crippen molar-refractivity contribution >= 4 is 12.0 Å². The largest absolute Gasteiger partial charge is 0.444 e. The van der Waals surface area contributed by atoms with Crippen LogP contribution in [0.2, 0.25) is 0 Å². The van der Waals surface area contributed by atoms with Gasteiger partial charge in [-0.25, -0.2) is 4.79 Å². The molecule has 0 N–H and O–H groups in total. The molecule has 8 nitrogen and oxygen atoms in total. The smallest absolute Gasteiger partial charge is 0.411 e. The molecule has 0 saturated carbocycles. The van der Waals surface area contributed by atoms with Crippen molar-refractivity contribution in [3.63, 3.8) is 0 Å². The van der Waals surface area contributed by atoms with E-state index >= 15 is 0 Å². The maximum atomic E-state index is 13.9. The number of nitrogens with zero attached hydrogens (tertiary/aromatic N) is 2. The maximum absolute atomic E-state index is 13.9. The molecule has 36 heavy (non-hydrogen) atoms. The minimum Gasteiger partial charge on any atom is -0.444 e. The number of carbonyl (C=O) groups excluding carboxylic acids is 2. The minimum atomic E-state index is -0.782. The number of hydrogen-bond donors (Lipinski definition) is 0. The highest BCUT2D eigenvalue weighted by molar-refractivity contribution is 5.86. The molecule has 2 rings (SSSR count). The molecule has 1 saturated heterocycles. The van der Waals surface area contributed by atoms with E-state index in [2.05, 4.69) is 6.58 Å². The van der Waals surface area contributed by atoms with Crippen LogP contribution in [0.5, 0.6) is 0 Å². The maximum Gasteiger partial charge on any atom is 0.411 e. The van der Waals surface area contributed by atoms with E-state index < -0.39 is 24.0 Å². The molecule has 1 aromatic rings. The first-order chi connectivity index (χ1) is 17.2. The van der Waals surface area contributed by atoms with Crippen LogP contribution >= 0.6 is 0 Å². The molecular weight excluding hydrogens is 460 g/mol. The second-order valence-corrected chi connectivity index (χ2v) is 9.84. The lowest BCUT2D eigenvalue weighted by atomic mass is 10.1. The number of amides is 2. The zero-order chi connectivity index (χ0) is 26.6. The zero-order valence-electron chi connectivity index (χ0n) is 22.6. The van der Waals surface area contributed by atoms with Crippen molar-refractivity contribution in [2.24, 2.45) is 0 Å². The van der Waals surface area contributed by atoms with Crippen LogP contribution in [-0.4, -0.2) is 78.7 Å². The van der Waals surface area contributed by atoms with Crippen LogP contribution < -0.4 is 0 Å². The summed E-state index contributed by atoms with van der Waals surface area (Å²) in [7, 11) is 0. The molecule has 0 aliphatic carbocycles. The van der Waals surface area contributed by atoms with Crippen LogP contribution in [0, 0.1) is 0 Å². The highest BCUT2D eigenvalue weighted by Crippen LogP contribution is 2.24. The molecule has 2 amide bonds.